The topological polar surface area (TPSA) is 80.4 Å². The lowest BCUT2D eigenvalue weighted by Gasteiger charge is -2.00. The fourth-order valence-electron chi connectivity index (χ4n) is 1.18. The number of nitrogens with two attached hydrogens (primary N) is 1. The summed E-state index contributed by atoms with van der Waals surface area (Å²) in [6.07, 6.45) is 2.03. The first-order valence-electron chi connectivity index (χ1n) is 4.47. The summed E-state index contributed by atoms with van der Waals surface area (Å²) in [5.74, 6) is -2.23. The van der Waals surface area contributed by atoms with Gasteiger partial charge in [0.05, 0.1) is 6.42 Å². The van der Waals surface area contributed by atoms with Crippen LogP contribution in [0.3, 0.4) is 0 Å². The second-order valence-electron chi connectivity index (χ2n) is 3.16. The van der Waals surface area contributed by atoms with Crippen LogP contribution in [0.4, 0.5) is 4.39 Å². The molecule has 0 aliphatic rings. The van der Waals surface area contributed by atoms with E-state index in [-0.39, 0.29) is 12.0 Å². The van der Waals surface area contributed by atoms with Crippen molar-refractivity contribution >= 4 is 18.0 Å². The van der Waals surface area contributed by atoms with Crippen LogP contribution in [0.25, 0.3) is 6.08 Å². The minimum absolute atomic E-state index is 0.137. The molecule has 0 spiro atoms. The molecule has 0 saturated heterocycles. The molecule has 0 atom stereocenters. The molecule has 1 rings (SSSR count). The molecular formula is C11H10FNO3. The number of aliphatic carboxylic acids is 1. The second kappa shape index (κ2) is 5.06. The summed E-state index contributed by atoms with van der Waals surface area (Å²) in [6, 6.07) is 3.90. The van der Waals surface area contributed by atoms with Gasteiger partial charge in [-0.25, -0.2) is 4.39 Å². The molecule has 16 heavy (non-hydrogen) atoms. The average molecular weight is 223 g/mol. The van der Waals surface area contributed by atoms with Crippen LogP contribution in [0.1, 0.15) is 11.1 Å². The Morgan fingerprint density at radius 3 is 2.69 bits per heavy atom. The Labute approximate surface area is 91.2 Å². The lowest BCUT2D eigenvalue weighted by Crippen LogP contribution is -2.05. The minimum atomic E-state index is -1.00. The maximum Gasteiger partial charge on any atom is 0.307 e. The lowest BCUT2D eigenvalue weighted by atomic mass is 10.1. The molecule has 5 heteroatoms. The van der Waals surface area contributed by atoms with E-state index in [1.54, 1.807) is 0 Å². The number of hydrogen-bond donors (Lipinski definition) is 2. The van der Waals surface area contributed by atoms with Crippen LogP contribution in [-0.4, -0.2) is 17.0 Å². The fraction of sp³-hybridized carbons (Fsp3) is 0.0909. The van der Waals surface area contributed by atoms with E-state index in [4.69, 9.17) is 10.8 Å². The van der Waals surface area contributed by atoms with Crippen molar-refractivity contribution in [2.24, 2.45) is 5.73 Å². The molecule has 4 nitrogen and oxygen atoms in total. The first-order chi connectivity index (χ1) is 7.49. The molecule has 0 aromatic heterocycles. The number of primary amides is 1. The zero-order valence-corrected chi connectivity index (χ0v) is 8.31. The van der Waals surface area contributed by atoms with E-state index >= 15 is 0 Å². The molecule has 1 aromatic rings. The van der Waals surface area contributed by atoms with Gasteiger partial charge in [0.15, 0.2) is 0 Å². The van der Waals surface area contributed by atoms with Crippen molar-refractivity contribution in [3.05, 3.63) is 41.2 Å². The summed E-state index contributed by atoms with van der Waals surface area (Å²) in [6.45, 7) is 0. The van der Waals surface area contributed by atoms with E-state index in [0.717, 1.165) is 12.1 Å². The maximum absolute atomic E-state index is 13.2. The molecule has 0 unspecified atom stereocenters. The number of amides is 1. The number of benzene rings is 1. The van der Waals surface area contributed by atoms with Crippen LogP contribution < -0.4 is 5.73 Å². The minimum Gasteiger partial charge on any atom is -0.481 e. The number of hydrogen-bond acceptors (Lipinski definition) is 2. The molecule has 1 amide bonds. The van der Waals surface area contributed by atoms with Gasteiger partial charge in [-0.3, -0.25) is 9.59 Å². The van der Waals surface area contributed by atoms with Gasteiger partial charge in [-0.1, -0.05) is 6.07 Å². The number of rotatable bonds is 4. The van der Waals surface area contributed by atoms with Crippen LogP contribution in [0.15, 0.2) is 24.3 Å². The monoisotopic (exact) mass is 223 g/mol. The molecular weight excluding hydrogens is 213 g/mol. The van der Waals surface area contributed by atoms with Gasteiger partial charge in [-0.2, -0.15) is 0 Å². The van der Waals surface area contributed by atoms with Crippen molar-refractivity contribution in [2.75, 3.05) is 0 Å². The molecule has 0 bridgehead atoms. The van der Waals surface area contributed by atoms with Gasteiger partial charge in [0.25, 0.3) is 0 Å². The van der Waals surface area contributed by atoms with E-state index in [1.807, 2.05) is 0 Å². The second-order valence-corrected chi connectivity index (χ2v) is 3.16. The van der Waals surface area contributed by atoms with Crippen molar-refractivity contribution in [1.29, 1.82) is 0 Å². The number of carboxylic acids is 1. The first-order valence-corrected chi connectivity index (χ1v) is 4.47. The molecule has 0 heterocycles. The highest BCUT2D eigenvalue weighted by atomic mass is 19.1. The Kier molecular flexibility index (Phi) is 3.77. The number of carboxylic acid groups (broad SMARTS) is 1. The summed E-state index contributed by atoms with van der Waals surface area (Å²) < 4.78 is 13.2. The molecule has 0 fully saturated rings. The number of carbonyl (C=O) groups excluding carboxylic acids is 1. The van der Waals surface area contributed by atoms with Crippen LogP contribution >= 0.6 is 0 Å². The standard InChI is InChI=1S/C11H10FNO3/c12-9-3-1-7(6-11(15)16)5-8(9)2-4-10(13)14/h1-5H,6H2,(H2,13,14)(H,15,16). The zero-order valence-electron chi connectivity index (χ0n) is 8.31. The summed E-state index contributed by atoms with van der Waals surface area (Å²) in [5.41, 5.74) is 5.46. The summed E-state index contributed by atoms with van der Waals surface area (Å²) in [7, 11) is 0. The predicted molar refractivity (Wildman–Crippen MR) is 56.0 cm³/mol. The smallest absolute Gasteiger partial charge is 0.307 e. The molecule has 0 radical (unpaired) electrons. The van der Waals surface area contributed by atoms with Crippen molar-refractivity contribution in [3.63, 3.8) is 0 Å². The van der Waals surface area contributed by atoms with Crippen LogP contribution in [0.5, 0.6) is 0 Å². The molecule has 1 aromatic carbocycles. The van der Waals surface area contributed by atoms with E-state index in [2.05, 4.69) is 0 Å². The Morgan fingerprint density at radius 1 is 1.44 bits per heavy atom. The first kappa shape index (κ1) is 11.9. The average Bonchev–Trinajstić information content (AvgIpc) is 2.18. The fourth-order valence-corrected chi connectivity index (χ4v) is 1.18. The third kappa shape index (κ3) is 3.53. The summed E-state index contributed by atoms with van der Waals surface area (Å²) >= 11 is 0. The third-order valence-corrected chi connectivity index (χ3v) is 1.84. The summed E-state index contributed by atoms with van der Waals surface area (Å²) in [4.78, 5) is 20.9. The van der Waals surface area contributed by atoms with Gasteiger partial charge in [0, 0.05) is 11.6 Å². The number of carbonyl (C=O) groups is 2. The van der Waals surface area contributed by atoms with Crippen molar-refractivity contribution in [3.8, 4) is 0 Å². The van der Waals surface area contributed by atoms with E-state index < -0.39 is 17.7 Å². The highest BCUT2D eigenvalue weighted by molar-refractivity contribution is 5.90. The van der Waals surface area contributed by atoms with Gasteiger partial charge < -0.3 is 10.8 Å². The Bertz CT molecular complexity index is 455. The molecule has 3 N–H and O–H groups in total. The van der Waals surface area contributed by atoms with Gasteiger partial charge >= 0.3 is 5.97 Å². The normalized spacial score (nSPS) is 10.6. The van der Waals surface area contributed by atoms with Gasteiger partial charge in [-0.05, 0) is 23.8 Å². The zero-order chi connectivity index (χ0) is 12.1. The van der Waals surface area contributed by atoms with Gasteiger partial charge in [-0.15, -0.1) is 0 Å². The number of halogens is 1. The van der Waals surface area contributed by atoms with Crippen LogP contribution in [0.2, 0.25) is 0 Å². The Hall–Kier alpha value is -2.17. The Balaban J connectivity index is 2.99. The highest BCUT2D eigenvalue weighted by Gasteiger charge is 2.04. The van der Waals surface area contributed by atoms with E-state index in [1.165, 1.54) is 18.2 Å². The molecule has 84 valence electrons. The molecule has 0 aliphatic heterocycles. The van der Waals surface area contributed by atoms with Crippen molar-refractivity contribution < 1.29 is 19.1 Å². The van der Waals surface area contributed by atoms with Gasteiger partial charge in [0.1, 0.15) is 5.82 Å². The summed E-state index contributed by atoms with van der Waals surface area (Å²) in [5, 5.41) is 8.56. The maximum atomic E-state index is 13.2. The van der Waals surface area contributed by atoms with E-state index in [0.29, 0.717) is 5.56 Å². The Morgan fingerprint density at radius 2 is 2.12 bits per heavy atom. The molecule has 0 saturated carbocycles. The SMILES string of the molecule is NC(=O)C=Cc1cc(CC(=O)O)ccc1F. The molecule has 0 aliphatic carbocycles. The lowest BCUT2D eigenvalue weighted by molar-refractivity contribution is -0.136. The highest BCUT2D eigenvalue weighted by Crippen LogP contribution is 2.12. The predicted octanol–water partition coefficient (Wildman–Crippen LogP) is 0.951. The van der Waals surface area contributed by atoms with E-state index in [9.17, 15) is 14.0 Å². The van der Waals surface area contributed by atoms with Crippen molar-refractivity contribution in [1.82, 2.24) is 0 Å². The third-order valence-electron chi connectivity index (χ3n) is 1.84. The largest absolute Gasteiger partial charge is 0.481 e. The van der Waals surface area contributed by atoms with Crippen LogP contribution in [-0.2, 0) is 16.0 Å². The quantitative estimate of drug-likeness (QED) is 0.746. The van der Waals surface area contributed by atoms with Crippen molar-refractivity contribution in [2.45, 2.75) is 6.42 Å². The van der Waals surface area contributed by atoms with Crippen LogP contribution in [0, 0.1) is 5.82 Å². The van der Waals surface area contributed by atoms with Gasteiger partial charge in [0.2, 0.25) is 5.91 Å².